The number of halogens is 2. The van der Waals surface area contributed by atoms with Crippen LogP contribution in [0.1, 0.15) is 32.9 Å². The Morgan fingerprint density at radius 2 is 1.61 bits per heavy atom. The molecule has 0 aliphatic carbocycles. The van der Waals surface area contributed by atoms with Crippen molar-refractivity contribution in [3.8, 4) is 0 Å². The molecule has 4 rings (SSSR count). The van der Waals surface area contributed by atoms with E-state index in [0.29, 0.717) is 24.3 Å². The first-order valence-corrected chi connectivity index (χ1v) is 11.3. The molecule has 4 aromatic rings. The molecule has 0 fully saturated rings. The Balaban J connectivity index is 1.38. The predicted molar refractivity (Wildman–Crippen MR) is 128 cm³/mol. The van der Waals surface area contributed by atoms with Crippen LogP contribution in [0.2, 0.25) is 0 Å². The smallest absolute Gasteiger partial charge is 0.255 e. The molecule has 6 nitrogen and oxygen atoms in total. The number of hydrogen-bond acceptors (Lipinski definition) is 3. The summed E-state index contributed by atoms with van der Waals surface area (Å²) in [6.07, 6.45) is 3.49. The number of hydrogen-bond donors (Lipinski definition) is 1. The number of amides is 1. The van der Waals surface area contributed by atoms with Crippen LogP contribution in [-0.2, 0) is 13.1 Å². The molecule has 2 heterocycles. The molecule has 1 N–H and O–H groups in total. The molecule has 158 valence electrons. The quantitative estimate of drug-likeness (QED) is 0.346. The minimum Gasteiger partial charge on any atom is -0.319 e. The van der Waals surface area contributed by atoms with E-state index >= 15 is 0 Å². The van der Waals surface area contributed by atoms with E-state index in [4.69, 9.17) is 0 Å². The van der Waals surface area contributed by atoms with Gasteiger partial charge in [-0.05, 0) is 65.2 Å². The molecule has 31 heavy (non-hydrogen) atoms. The van der Waals surface area contributed by atoms with Crippen LogP contribution in [0.25, 0.3) is 0 Å². The Labute approximate surface area is 197 Å². The Morgan fingerprint density at radius 1 is 0.968 bits per heavy atom. The Kier molecular flexibility index (Phi) is 6.38. The average Bonchev–Trinajstić information content (AvgIpc) is 3.29. The van der Waals surface area contributed by atoms with Crippen LogP contribution in [0.15, 0.2) is 69.9 Å². The molecule has 2 aromatic carbocycles. The van der Waals surface area contributed by atoms with Gasteiger partial charge in [0.2, 0.25) is 0 Å². The van der Waals surface area contributed by atoms with Gasteiger partial charge in [-0.1, -0.05) is 40.2 Å². The van der Waals surface area contributed by atoms with Crippen molar-refractivity contribution >= 4 is 43.5 Å². The molecule has 0 aliphatic heterocycles. The van der Waals surface area contributed by atoms with E-state index < -0.39 is 0 Å². The van der Waals surface area contributed by atoms with Gasteiger partial charge in [-0.15, -0.1) is 0 Å². The standard InChI is InChI=1S/C23H21Br2N5O/c1-15-22(25)16(2)30(28-15)13-18-3-7-19(8-4-18)23(31)27-21-11-26-29(14-21)12-17-5-9-20(24)10-6-17/h3-11,14H,12-13H2,1-2H3,(H,27,31). The van der Waals surface area contributed by atoms with Gasteiger partial charge in [-0.3, -0.25) is 14.2 Å². The zero-order chi connectivity index (χ0) is 22.0. The van der Waals surface area contributed by atoms with Crippen LogP contribution in [0.5, 0.6) is 0 Å². The summed E-state index contributed by atoms with van der Waals surface area (Å²) in [4.78, 5) is 12.6. The zero-order valence-corrected chi connectivity index (χ0v) is 20.3. The van der Waals surface area contributed by atoms with Crippen LogP contribution in [0, 0.1) is 13.8 Å². The van der Waals surface area contributed by atoms with Gasteiger partial charge in [0.15, 0.2) is 0 Å². The first-order valence-electron chi connectivity index (χ1n) is 9.76. The summed E-state index contributed by atoms with van der Waals surface area (Å²) < 4.78 is 5.82. The lowest BCUT2D eigenvalue weighted by Crippen LogP contribution is -2.12. The molecule has 0 atom stereocenters. The van der Waals surface area contributed by atoms with E-state index in [1.165, 1.54) is 0 Å². The number of nitrogens with zero attached hydrogens (tertiary/aromatic N) is 4. The summed E-state index contributed by atoms with van der Waals surface area (Å²) in [5.41, 5.74) is 5.53. The normalized spacial score (nSPS) is 11.0. The zero-order valence-electron chi connectivity index (χ0n) is 17.1. The SMILES string of the molecule is Cc1nn(Cc2ccc(C(=O)Nc3cnn(Cc4ccc(Br)cc4)c3)cc2)c(C)c1Br. The molecule has 0 bridgehead atoms. The molecule has 0 saturated heterocycles. The van der Waals surface area contributed by atoms with E-state index in [2.05, 4.69) is 47.4 Å². The molecule has 8 heteroatoms. The number of carbonyl (C=O) groups excluding carboxylic acids is 1. The molecule has 0 radical (unpaired) electrons. The number of aromatic nitrogens is 4. The van der Waals surface area contributed by atoms with Gasteiger partial charge in [0, 0.05) is 16.2 Å². The van der Waals surface area contributed by atoms with Crippen molar-refractivity contribution in [2.75, 3.05) is 5.32 Å². The van der Waals surface area contributed by atoms with Crippen LogP contribution in [0.3, 0.4) is 0 Å². The van der Waals surface area contributed by atoms with Gasteiger partial charge in [-0.25, -0.2) is 0 Å². The molecule has 0 aliphatic rings. The molecule has 1 amide bonds. The highest BCUT2D eigenvalue weighted by Gasteiger charge is 2.11. The number of benzene rings is 2. The van der Waals surface area contributed by atoms with E-state index in [9.17, 15) is 4.79 Å². The van der Waals surface area contributed by atoms with E-state index in [0.717, 1.165) is 31.5 Å². The monoisotopic (exact) mass is 541 g/mol. The van der Waals surface area contributed by atoms with Crippen LogP contribution in [-0.4, -0.2) is 25.5 Å². The third kappa shape index (κ3) is 5.14. The van der Waals surface area contributed by atoms with E-state index in [-0.39, 0.29) is 5.91 Å². The predicted octanol–water partition coefficient (Wildman–Crippen LogP) is 5.57. The number of anilines is 1. The number of aryl methyl sites for hydroxylation is 1. The van der Waals surface area contributed by atoms with E-state index in [1.54, 1.807) is 10.9 Å². The summed E-state index contributed by atoms with van der Waals surface area (Å²) in [6.45, 7) is 5.30. The van der Waals surface area contributed by atoms with Crippen molar-refractivity contribution in [1.29, 1.82) is 0 Å². The molecule has 0 spiro atoms. The third-order valence-corrected chi connectivity index (χ3v) is 6.67. The van der Waals surface area contributed by atoms with Gasteiger partial charge in [0.1, 0.15) is 0 Å². The molecular weight excluding hydrogens is 522 g/mol. The lowest BCUT2D eigenvalue weighted by molar-refractivity contribution is 0.102. The van der Waals surface area contributed by atoms with Gasteiger partial charge in [-0.2, -0.15) is 10.2 Å². The van der Waals surface area contributed by atoms with Crippen LogP contribution < -0.4 is 5.32 Å². The van der Waals surface area contributed by atoms with Crippen molar-refractivity contribution < 1.29 is 4.79 Å². The molecule has 0 saturated carbocycles. The third-order valence-electron chi connectivity index (χ3n) is 4.99. The fourth-order valence-corrected chi connectivity index (χ4v) is 3.81. The fourth-order valence-electron chi connectivity index (χ4n) is 3.26. The van der Waals surface area contributed by atoms with Gasteiger partial charge in [0.05, 0.1) is 40.8 Å². The molecule has 2 aromatic heterocycles. The fraction of sp³-hybridized carbons (Fsp3) is 0.174. The minimum atomic E-state index is -0.163. The second-order valence-corrected chi connectivity index (χ2v) is 9.06. The average molecular weight is 543 g/mol. The number of rotatable bonds is 6. The lowest BCUT2D eigenvalue weighted by atomic mass is 10.1. The van der Waals surface area contributed by atoms with Crippen molar-refractivity contribution in [3.05, 3.63) is 97.9 Å². The minimum absolute atomic E-state index is 0.163. The van der Waals surface area contributed by atoms with Gasteiger partial charge in [0.25, 0.3) is 5.91 Å². The van der Waals surface area contributed by atoms with Crippen molar-refractivity contribution in [1.82, 2.24) is 19.6 Å². The highest BCUT2D eigenvalue weighted by atomic mass is 79.9. The summed E-state index contributed by atoms with van der Waals surface area (Å²) >= 11 is 6.99. The van der Waals surface area contributed by atoms with Gasteiger partial charge >= 0.3 is 0 Å². The van der Waals surface area contributed by atoms with Crippen LogP contribution >= 0.6 is 31.9 Å². The van der Waals surface area contributed by atoms with Crippen molar-refractivity contribution in [2.45, 2.75) is 26.9 Å². The molecule has 0 unspecified atom stereocenters. The maximum atomic E-state index is 12.6. The highest BCUT2D eigenvalue weighted by molar-refractivity contribution is 9.10. The highest BCUT2D eigenvalue weighted by Crippen LogP contribution is 2.21. The topological polar surface area (TPSA) is 64.7 Å². The Hall–Kier alpha value is -2.71. The second kappa shape index (κ2) is 9.20. The Morgan fingerprint density at radius 3 is 2.26 bits per heavy atom. The van der Waals surface area contributed by atoms with E-state index in [1.807, 2.05) is 73.3 Å². The summed E-state index contributed by atoms with van der Waals surface area (Å²) in [7, 11) is 0. The summed E-state index contributed by atoms with van der Waals surface area (Å²) in [5, 5.41) is 11.8. The van der Waals surface area contributed by atoms with Gasteiger partial charge < -0.3 is 5.32 Å². The number of nitrogens with one attached hydrogen (secondary N) is 1. The second-order valence-electron chi connectivity index (χ2n) is 7.35. The lowest BCUT2D eigenvalue weighted by Gasteiger charge is -2.07. The van der Waals surface area contributed by atoms with Crippen LogP contribution in [0.4, 0.5) is 5.69 Å². The van der Waals surface area contributed by atoms with Crippen molar-refractivity contribution in [2.24, 2.45) is 0 Å². The maximum Gasteiger partial charge on any atom is 0.255 e. The maximum absolute atomic E-state index is 12.6. The first-order chi connectivity index (χ1) is 14.9. The Bertz CT molecular complexity index is 1210. The molecular formula is C23H21Br2N5O. The summed E-state index contributed by atoms with van der Waals surface area (Å²) in [6, 6.07) is 15.6. The first kappa shape index (κ1) is 21.5. The summed E-state index contributed by atoms with van der Waals surface area (Å²) in [5.74, 6) is -0.163. The number of carbonyl (C=O) groups is 1. The van der Waals surface area contributed by atoms with Crippen molar-refractivity contribution in [3.63, 3.8) is 0 Å². The largest absolute Gasteiger partial charge is 0.319 e.